The van der Waals surface area contributed by atoms with Crippen molar-refractivity contribution < 1.29 is 23.1 Å². The van der Waals surface area contributed by atoms with Gasteiger partial charge in [0, 0.05) is 18.6 Å². The number of esters is 1. The fourth-order valence-electron chi connectivity index (χ4n) is 1.67. The number of Topliss-reactive ketones (excluding diaryl/α,β-unsaturated/α-hetero) is 1. The van der Waals surface area contributed by atoms with Crippen LogP contribution in [0, 0.1) is 11.6 Å². The third-order valence-corrected chi connectivity index (χ3v) is 3.77. The predicted molar refractivity (Wildman–Crippen MR) is 73.4 cm³/mol. The first-order chi connectivity index (χ1) is 9.93. The lowest BCUT2D eigenvalue weighted by atomic mass is 10.2. The number of aromatic nitrogens is 1. The highest BCUT2D eigenvalue weighted by molar-refractivity contribution is 7.17. The number of carbonyl (C=O) groups is 2. The van der Waals surface area contributed by atoms with E-state index in [1.54, 1.807) is 6.92 Å². The average Bonchev–Trinajstić information content (AvgIpc) is 2.84. The molecule has 0 aliphatic rings. The zero-order valence-electron chi connectivity index (χ0n) is 11.3. The Morgan fingerprint density at radius 2 is 2.05 bits per heavy atom. The van der Waals surface area contributed by atoms with Crippen LogP contribution < -0.4 is 0 Å². The van der Waals surface area contributed by atoms with Crippen molar-refractivity contribution in [2.75, 3.05) is 6.61 Å². The third-order valence-electron chi connectivity index (χ3n) is 2.58. The first-order valence-electron chi connectivity index (χ1n) is 6.08. The van der Waals surface area contributed by atoms with Crippen molar-refractivity contribution in [1.29, 1.82) is 0 Å². The fourth-order valence-corrected chi connectivity index (χ4v) is 2.65. The summed E-state index contributed by atoms with van der Waals surface area (Å²) in [5, 5.41) is 0.126. The molecule has 0 bridgehead atoms. The number of carbonyl (C=O) groups excluding carboxylic acids is 2. The van der Waals surface area contributed by atoms with Gasteiger partial charge in [0.25, 0.3) is 0 Å². The van der Waals surface area contributed by atoms with Gasteiger partial charge in [0.15, 0.2) is 11.5 Å². The molecule has 0 N–H and O–H groups in total. The van der Waals surface area contributed by atoms with Gasteiger partial charge in [-0.2, -0.15) is 0 Å². The van der Waals surface area contributed by atoms with Crippen molar-refractivity contribution >= 4 is 23.1 Å². The maximum Gasteiger partial charge on any atom is 0.358 e. The Labute approximate surface area is 123 Å². The van der Waals surface area contributed by atoms with E-state index in [1.165, 1.54) is 13.0 Å². The zero-order valence-corrected chi connectivity index (χ0v) is 12.1. The second-order valence-corrected chi connectivity index (χ2v) is 5.10. The van der Waals surface area contributed by atoms with Crippen LogP contribution in [0.2, 0.25) is 0 Å². The van der Waals surface area contributed by atoms with Gasteiger partial charge in [-0.3, -0.25) is 4.79 Å². The molecule has 0 fully saturated rings. The summed E-state index contributed by atoms with van der Waals surface area (Å²) >= 11 is 0.871. The minimum Gasteiger partial charge on any atom is -0.461 e. The quantitative estimate of drug-likeness (QED) is 0.641. The minimum absolute atomic E-state index is 0.0273. The summed E-state index contributed by atoms with van der Waals surface area (Å²) in [6, 6.07) is 3.01. The lowest BCUT2D eigenvalue weighted by Crippen LogP contribution is -2.09. The molecule has 0 radical (unpaired) electrons. The normalized spacial score (nSPS) is 10.5. The molecule has 0 aliphatic heterocycles. The molecule has 0 aliphatic carbocycles. The van der Waals surface area contributed by atoms with Gasteiger partial charge in [-0.15, -0.1) is 11.3 Å². The largest absolute Gasteiger partial charge is 0.461 e. The molecule has 0 saturated heterocycles. The molecule has 0 spiro atoms. The second kappa shape index (κ2) is 6.09. The molecular weight excluding hydrogens is 300 g/mol. The van der Waals surface area contributed by atoms with Crippen molar-refractivity contribution in [3.63, 3.8) is 0 Å². The molecule has 2 rings (SSSR count). The van der Waals surface area contributed by atoms with Crippen LogP contribution >= 0.6 is 11.3 Å². The number of benzene rings is 1. The molecule has 0 unspecified atom stereocenters. The number of ether oxygens (including phenoxy) is 1. The summed E-state index contributed by atoms with van der Waals surface area (Å²) in [5.74, 6) is -2.64. The molecule has 0 amide bonds. The van der Waals surface area contributed by atoms with Gasteiger partial charge in [-0.1, -0.05) is 0 Å². The molecule has 21 heavy (non-hydrogen) atoms. The van der Waals surface area contributed by atoms with Gasteiger partial charge in [-0.05, 0) is 19.1 Å². The lowest BCUT2D eigenvalue weighted by molar-refractivity contribution is 0.0517. The minimum atomic E-state index is -0.811. The molecule has 7 heteroatoms. The van der Waals surface area contributed by atoms with E-state index in [9.17, 15) is 18.4 Å². The van der Waals surface area contributed by atoms with Gasteiger partial charge in [0.1, 0.15) is 21.5 Å². The topological polar surface area (TPSA) is 56.3 Å². The summed E-state index contributed by atoms with van der Waals surface area (Å²) in [5.41, 5.74) is -0.118. The number of thiazole rings is 1. The molecule has 1 aromatic carbocycles. The molecule has 2 aromatic rings. The first-order valence-corrected chi connectivity index (χ1v) is 6.90. The predicted octanol–water partition coefficient (Wildman–Crippen LogP) is 3.47. The van der Waals surface area contributed by atoms with Gasteiger partial charge in [0.05, 0.1) is 6.61 Å². The molecular formula is C14H11F2NO3S. The van der Waals surface area contributed by atoms with Crippen molar-refractivity contribution in [2.45, 2.75) is 13.8 Å². The second-order valence-electron chi connectivity index (χ2n) is 4.10. The third kappa shape index (κ3) is 3.13. The summed E-state index contributed by atoms with van der Waals surface area (Å²) in [6.45, 7) is 3.03. The first kappa shape index (κ1) is 15.2. The molecule has 1 heterocycles. The summed E-state index contributed by atoms with van der Waals surface area (Å²) in [6.07, 6.45) is 0. The maximum absolute atomic E-state index is 13.8. The van der Waals surface area contributed by atoms with Crippen LogP contribution in [0.1, 0.15) is 34.0 Å². The Hall–Kier alpha value is -2.15. The SMILES string of the molecule is CCOC(=O)c1nc(-c2ccc(F)cc2F)sc1C(C)=O. The van der Waals surface area contributed by atoms with Crippen LogP contribution in [0.4, 0.5) is 8.78 Å². The smallest absolute Gasteiger partial charge is 0.358 e. The molecule has 110 valence electrons. The standard InChI is InChI=1S/C14H11F2NO3S/c1-3-20-14(19)11-12(7(2)18)21-13(17-11)9-5-4-8(15)6-10(9)16/h4-6H,3H2,1-2H3. The lowest BCUT2D eigenvalue weighted by Gasteiger charge is -1.99. The Morgan fingerprint density at radius 1 is 1.33 bits per heavy atom. The van der Waals surface area contributed by atoms with Gasteiger partial charge < -0.3 is 4.74 Å². The number of hydrogen-bond acceptors (Lipinski definition) is 5. The van der Waals surface area contributed by atoms with E-state index < -0.39 is 17.6 Å². The van der Waals surface area contributed by atoms with Crippen molar-refractivity contribution in [2.24, 2.45) is 0 Å². The van der Waals surface area contributed by atoms with Crippen LogP contribution in [0.15, 0.2) is 18.2 Å². The van der Waals surface area contributed by atoms with Crippen LogP contribution in [-0.4, -0.2) is 23.3 Å². The van der Waals surface area contributed by atoms with E-state index in [2.05, 4.69) is 4.98 Å². The zero-order chi connectivity index (χ0) is 15.6. The Kier molecular flexibility index (Phi) is 4.42. The van der Waals surface area contributed by atoms with Gasteiger partial charge >= 0.3 is 5.97 Å². The van der Waals surface area contributed by atoms with E-state index in [-0.39, 0.29) is 33.5 Å². The summed E-state index contributed by atoms with van der Waals surface area (Å²) < 4.78 is 31.5. The van der Waals surface area contributed by atoms with E-state index in [4.69, 9.17) is 4.74 Å². The van der Waals surface area contributed by atoms with E-state index >= 15 is 0 Å². The number of halogens is 2. The average molecular weight is 311 g/mol. The number of hydrogen-bond donors (Lipinski definition) is 0. The Balaban J connectivity index is 2.53. The highest BCUT2D eigenvalue weighted by atomic mass is 32.1. The van der Waals surface area contributed by atoms with E-state index in [0.29, 0.717) is 6.07 Å². The Bertz CT molecular complexity index is 712. The van der Waals surface area contributed by atoms with Gasteiger partial charge in [-0.25, -0.2) is 18.6 Å². The molecule has 0 atom stereocenters. The van der Waals surface area contributed by atoms with Crippen LogP contribution in [0.3, 0.4) is 0 Å². The molecule has 1 aromatic heterocycles. The number of nitrogens with zero attached hydrogens (tertiary/aromatic N) is 1. The van der Waals surface area contributed by atoms with Crippen LogP contribution in [0.25, 0.3) is 10.6 Å². The van der Waals surface area contributed by atoms with Crippen molar-refractivity contribution in [3.8, 4) is 10.6 Å². The summed E-state index contributed by atoms with van der Waals surface area (Å²) in [7, 11) is 0. The fraction of sp³-hybridized carbons (Fsp3) is 0.214. The van der Waals surface area contributed by atoms with E-state index in [1.807, 2.05) is 0 Å². The monoisotopic (exact) mass is 311 g/mol. The number of ketones is 1. The maximum atomic E-state index is 13.8. The van der Waals surface area contributed by atoms with Gasteiger partial charge in [0.2, 0.25) is 0 Å². The van der Waals surface area contributed by atoms with Crippen molar-refractivity contribution in [3.05, 3.63) is 40.4 Å². The number of rotatable bonds is 4. The van der Waals surface area contributed by atoms with Crippen molar-refractivity contribution in [1.82, 2.24) is 4.98 Å². The molecule has 0 saturated carbocycles. The molecule has 4 nitrogen and oxygen atoms in total. The van der Waals surface area contributed by atoms with Crippen LogP contribution in [-0.2, 0) is 4.74 Å². The summed E-state index contributed by atoms with van der Waals surface area (Å²) in [4.78, 5) is 27.4. The highest BCUT2D eigenvalue weighted by Gasteiger charge is 2.23. The highest BCUT2D eigenvalue weighted by Crippen LogP contribution is 2.31. The van der Waals surface area contributed by atoms with E-state index in [0.717, 1.165) is 17.4 Å². The van der Waals surface area contributed by atoms with Crippen LogP contribution in [0.5, 0.6) is 0 Å². The Morgan fingerprint density at radius 3 is 2.62 bits per heavy atom.